The lowest BCUT2D eigenvalue weighted by atomic mass is 9.88. The Morgan fingerprint density at radius 3 is 2.33 bits per heavy atom. The minimum absolute atomic E-state index is 0.0126. The first kappa shape index (κ1) is 22.1. The van der Waals surface area contributed by atoms with E-state index in [4.69, 9.17) is 18.9 Å². The van der Waals surface area contributed by atoms with E-state index in [-0.39, 0.29) is 23.6 Å². The third-order valence-corrected chi connectivity index (χ3v) is 5.71. The number of ether oxygens (including phenoxy) is 4. The molecule has 0 saturated heterocycles. The summed E-state index contributed by atoms with van der Waals surface area (Å²) < 4.78 is 23.4. The Balaban J connectivity index is 1.97. The molecule has 9 heteroatoms. The second-order valence-electron chi connectivity index (χ2n) is 7.44. The van der Waals surface area contributed by atoms with Crippen LogP contribution in [0.25, 0.3) is 5.69 Å². The molecule has 0 fully saturated rings. The SMILES string of the molecule is COc1ccc(-n2cc(C(=O)O)c3c2[C@H](c2ccc(OC)c(OC)c2)CC(=O)N3)c(OC)c1. The number of aromatic carboxylic acids is 1. The molecule has 4 rings (SSSR count). The Kier molecular flexibility index (Phi) is 5.87. The van der Waals surface area contributed by atoms with E-state index in [0.29, 0.717) is 34.4 Å². The van der Waals surface area contributed by atoms with E-state index in [1.165, 1.54) is 20.4 Å². The second kappa shape index (κ2) is 8.78. The number of aromatic nitrogens is 1. The van der Waals surface area contributed by atoms with Crippen molar-refractivity contribution in [2.45, 2.75) is 12.3 Å². The molecule has 1 aliphatic heterocycles. The van der Waals surface area contributed by atoms with Gasteiger partial charge < -0.3 is 33.9 Å². The number of nitrogens with zero attached hydrogens (tertiary/aromatic N) is 1. The van der Waals surface area contributed by atoms with E-state index in [1.54, 1.807) is 49.1 Å². The van der Waals surface area contributed by atoms with Gasteiger partial charge in [0, 0.05) is 24.6 Å². The van der Waals surface area contributed by atoms with E-state index >= 15 is 0 Å². The Hall–Kier alpha value is -4.14. The molecule has 0 saturated carbocycles. The summed E-state index contributed by atoms with van der Waals surface area (Å²) in [4.78, 5) is 24.7. The second-order valence-corrected chi connectivity index (χ2v) is 7.44. The molecule has 1 aliphatic rings. The highest BCUT2D eigenvalue weighted by molar-refractivity contribution is 6.04. The summed E-state index contributed by atoms with van der Waals surface area (Å²) >= 11 is 0. The Bertz CT molecular complexity index is 1230. The highest BCUT2D eigenvalue weighted by Crippen LogP contribution is 2.44. The molecule has 0 spiro atoms. The Morgan fingerprint density at radius 2 is 1.70 bits per heavy atom. The molecule has 0 radical (unpaired) electrons. The summed E-state index contributed by atoms with van der Waals surface area (Å²) in [6.07, 6.45) is 1.63. The first-order chi connectivity index (χ1) is 15.9. The molecule has 1 aromatic heterocycles. The predicted molar refractivity (Wildman–Crippen MR) is 120 cm³/mol. The fourth-order valence-electron chi connectivity index (χ4n) is 4.16. The number of benzene rings is 2. The molecule has 172 valence electrons. The number of hydrogen-bond donors (Lipinski definition) is 2. The van der Waals surface area contributed by atoms with Gasteiger partial charge in [-0.25, -0.2) is 4.79 Å². The maximum atomic E-state index is 12.6. The molecule has 2 aromatic carbocycles. The number of carbonyl (C=O) groups excluding carboxylic acids is 1. The predicted octanol–water partition coefficient (Wildman–Crippen LogP) is 3.68. The van der Waals surface area contributed by atoms with Crippen LogP contribution < -0.4 is 24.3 Å². The number of carboxylic acid groups (broad SMARTS) is 1. The zero-order valence-electron chi connectivity index (χ0n) is 18.7. The smallest absolute Gasteiger partial charge is 0.339 e. The van der Waals surface area contributed by atoms with Gasteiger partial charge in [-0.2, -0.15) is 0 Å². The number of rotatable bonds is 7. The van der Waals surface area contributed by atoms with Crippen LogP contribution in [0.5, 0.6) is 23.0 Å². The molecular formula is C24H24N2O7. The van der Waals surface area contributed by atoms with Crippen molar-refractivity contribution in [3.63, 3.8) is 0 Å². The standard InChI is InChI=1S/C24H24N2O7/c1-30-14-6-7-17(19(10-14)32-3)26-12-16(24(28)29)22-23(26)15(11-21(27)25-22)13-5-8-18(31-2)20(9-13)33-4/h5-10,12,15H,11H2,1-4H3,(H,25,27)(H,28,29)/t15-/m0/s1. The number of anilines is 1. The van der Waals surface area contributed by atoms with Crippen molar-refractivity contribution in [1.29, 1.82) is 0 Å². The monoisotopic (exact) mass is 452 g/mol. The maximum Gasteiger partial charge on any atom is 0.339 e. The first-order valence-corrected chi connectivity index (χ1v) is 10.1. The van der Waals surface area contributed by atoms with Crippen molar-refractivity contribution in [3.05, 3.63) is 59.4 Å². The number of nitrogens with one attached hydrogen (secondary N) is 1. The van der Waals surface area contributed by atoms with E-state index in [2.05, 4.69) is 5.32 Å². The first-order valence-electron chi connectivity index (χ1n) is 10.1. The van der Waals surface area contributed by atoms with Crippen molar-refractivity contribution < 1.29 is 33.6 Å². The zero-order chi connectivity index (χ0) is 23.7. The van der Waals surface area contributed by atoms with Crippen molar-refractivity contribution >= 4 is 17.6 Å². The zero-order valence-corrected chi connectivity index (χ0v) is 18.7. The van der Waals surface area contributed by atoms with Crippen LogP contribution in [0, 0.1) is 0 Å². The van der Waals surface area contributed by atoms with Crippen molar-refractivity contribution in [2.24, 2.45) is 0 Å². The molecule has 33 heavy (non-hydrogen) atoms. The average Bonchev–Trinajstić information content (AvgIpc) is 3.21. The maximum absolute atomic E-state index is 12.6. The van der Waals surface area contributed by atoms with E-state index < -0.39 is 11.9 Å². The van der Waals surface area contributed by atoms with Crippen LogP contribution in [0.15, 0.2) is 42.6 Å². The number of hydrogen-bond acceptors (Lipinski definition) is 6. The molecule has 1 amide bonds. The molecule has 0 bridgehead atoms. The lowest BCUT2D eigenvalue weighted by Crippen LogP contribution is -2.25. The third-order valence-electron chi connectivity index (χ3n) is 5.71. The third kappa shape index (κ3) is 3.82. The molecule has 9 nitrogen and oxygen atoms in total. The molecule has 0 unspecified atom stereocenters. The minimum Gasteiger partial charge on any atom is -0.497 e. The van der Waals surface area contributed by atoms with Gasteiger partial charge in [-0.15, -0.1) is 0 Å². The van der Waals surface area contributed by atoms with Gasteiger partial charge in [-0.1, -0.05) is 6.07 Å². The number of methoxy groups -OCH3 is 4. The minimum atomic E-state index is -1.15. The summed E-state index contributed by atoms with van der Waals surface area (Å²) in [7, 11) is 6.16. The van der Waals surface area contributed by atoms with Crippen LogP contribution in [0.3, 0.4) is 0 Å². The quantitative estimate of drug-likeness (QED) is 0.563. The van der Waals surface area contributed by atoms with Gasteiger partial charge in [-0.3, -0.25) is 4.79 Å². The van der Waals surface area contributed by atoms with E-state index in [9.17, 15) is 14.7 Å². The summed E-state index contributed by atoms with van der Waals surface area (Å²) in [5.41, 5.74) is 2.27. The highest BCUT2D eigenvalue weighted by atomic mass is 16.5. The number of carboxylic acids is 1. The van der Waals surface area contributed by atoms with Crippen molar-refractivity contribution in [3.8, 4) is 28.7 Å². The molecule has 2 heterocycles. The molecule has 3 aromatic rings. The van der Waals surface area contributed by atoms with Gasteiger partial charge in [-0.05, 0) is 29.8 Å². The van der Waals surface area contributed by atoms with Gasteiger partial charge in [0.25, 0.3) is 0 Å². The van der Waals surface area contributed by atoms with Gasteiger partial charge in [0.05, 0.1) is 45.5 Å². The van der Waals surface area contributed by atoms with E-state index in [0.717, 1.165) is 5.56 Å². The van der Waals surface area contributed by atoms with E-state index in [1.807, 2.05) is 6.07 Å². The number of amides is 1. The molecule has 1 atom stereocenters. The Labute approximate surface area is 190 Å². The summed E-state index contributed by atoms with van der Waals surface area (Å²) in [6.45, 7) is 0. The molecule has 0 aliphatic carbocycles. The summed E-state index contributed by atoms with van der Waals surface area (Å²) in [5, 5.41) is 12.6. The lowest BCUT2D eigenvalue weighted by Gasteiger charge is -2.27. The largest absolute Gasteiger partial charge is 0.497 e. The fraction of sp³-hybridized carbons (Fsp3) is 0.250. The number of fused-ring (bicyclic) bond motifs is 1. The topological polar surface area (TPSA) is 108 Å². The fourth-order valence-corrected chi connectivity index (χ4v) is 4.16. The van der Waals surface area contributed by atoms with Crippen LogP contribution in [-0.2, 0) is 4.79 Å². The van der Waals surface area contributed by atoms with Crippen molar-refractivity contribution in [1.82, 2.24) is 4.57 Å². The van der Waals surface area contributed by atoms with Gasteiger partial charge in [0.2, 0.25) is 5.91 Å². The van der Waals surface area contributed by atoms with Crippen molar-refractivity contribution in [2.75, 3.05) is 33.8 Å². The highest BCUT2D eigenvalue weighted by Gasteiger charge is 2.35. The van der Waals surface area contributed by atoms with Crippen LogP contribution in [0.4, 0.5) is 5.69 Å². The van der Waals surface area contributed by atoms with Crippen LogP contribution in [0.2, 0.25) is 0 Å². The summed E-state index contributed by atoms with van der Waals surface area (Å²) in [5.74, 6) is 0.302. The molecule has 2 N–H and O–H groups in total. The van der Waals surface area contributed by atoms with Gasteiger partial charge in [0.1, 0.15) is 17.1 Å². The Morgan fingerprint density at radius 1 is 0.970 bits per heavy atom. The van der Waals surface area contributed by atoms with Crippen LogP contribution in [-0.4, -0.2) is 50.0 Å². The average molecular weight is 452 g/mol. The lowest BCUT2D eigenvalue weighted by molar-refractivity contribution is -0.116. The normalized spacial score (nSPS) is 14.8. The van der Waals surface area contributed by atoms with Crippen LogP contribution >= 0.6 is 0 Å². The van der Waals surface area contributed by atoms with Gasteiger partial charge in [0.15, 0.2) is 11.5 Å². The summed E-state index contributed by atoms with van der Waals surface area (Å²) in [6, 6.07) is 10.7. The van der Waals surface area contributed by atoms with Crippen LogP contribution in [0.1, 0.15) is 34.0 Å². The number of carbonyl (C=O) groups is 2. The van der Waals surface area contributed by atoms with Gasteiger partial charge >= 0.3 is 5.97 Å². The molecular weight excluding hydrogens is 428 g/mol.